The summed E-state index contributed by atoms with van der Waals surface area (Å²) < 4.78 is 38.9. The lowest BCUT2D eigenvalue weighted by Crippen LogP contribution is -2.45. The van der Waals surface area contributed by atoms with Crippen LogP contribution in [0.2, 0.25) is 0 Å². The Labute approximate surface area is 139 Å². The third kappa shape index (κ3) is 4.16. The van der Waals surface area contributed by atoms with Crippen LogP contribution in [0.5, 0.6) is 11.5 Å². The second kappa shape index (κ2) is 7.51. The molecule has 0 N–H and O–H groups in total. The molecule has 1 aliphatic heterocycles. The van der Waals surface area contributed by atoms with Crippen LogP contribution in [0.25, 0.3) is 0 Å². The van der Waals surface area contributed by atoms with E-state index in [1.54, 1.807) is 31.6 Å². The third-order valence-electron chi connectivity index (χ3n) is 4.19. The minimum Gasteiger partial charge on any atom is -0.493 e. The molecule has 2 rings (SSSR count). The van der Waals surface area contributed by atoms with Crippen LogP contribution < -0.4 is 9.47 Å². The van der Waals surface area contributed by atoms with Gasteiger partial charge in [0, 0.05) is 26.7 Å². The number of hydrogen-bond acceptors (Lipinski definition) is 4. The highest BCUT2D eigenvalue weighted by Gasteiger charge is 2.30. The number of rotatable bonds is 6. The van der Waals surface area contributed by atoms with Gasteiger partial charge in [-0.1, -0.05) is 13.0 Å². The number of ether oxygens (including phenoxy) is 2. The Morgan fingerprint density at radius 1 is 1.26 bits per heavy atom. The van der Waals surface area contributed by atoms with Crippen molar-refractivity contribution in [3.63, 3.8) is 0 Å². The molecule has 7 heteroatoms. The number of piperidine rings is 1. The van der Waals surface area contributed by atoms with Gasteiger partial charge in [-0.15, -0.1) is 0 Å². The lowest BCUT2D eigenvalue weighted by atomic mass is 10.0. The lowest BCUT2D eigenvalue weighted by Gasteiger charge is -2.33. The molecule has 1 aliphatic rings. The molecule has 23 heavy (non-hydrogen) atoms. The van der Waals surface area contributed by atoms with Crippen molar-refractivity contribution in [3.05, 3.63) is 23.8 Å². The van der Waals surface area contributed by atoms with Gasteiger partial charge in [0.25, 0.3) is 10.2 Å². The molecule has 0 unspecified atom stereocenters. The Morgan fingerprint density at radius 3 is 2.57 bits per heavy atom. The molecule has 1 saturated heterocycles. The largest absolute Gasteiger partial charge is 0.493 e. The van der Waals surface area contributed by atoms with Crippen molar-refractivity contribution in [2.45, 2.75) is 26.3 Å². The maximum atomic E-state index is 12.7. The fourth-order valence-electron chi connectivity index (χ4n) is 2.87. The summed E-state index contributed by atoms with van der Waals surface area (Å²) in [6.07, 6.45) is 2.01. The first-order valence-electron chi connectivity index (χ1n) is 7.80. The van der Waals surface area contributed by atoms with E-state index in [9.17, 15) is 8.42 Å². The Balaban J connectivity index is 2.12. The molecule has 0 aliphatic carbocycles. The van der Waals surface area contributed by atoms with Gasteiger partial charge in [0.2, 0.25) is 0 Å². The van der Waals surface area contributed by atoms with E-state index in [0.29, 0.717) is 37.1 Å². The van der Waals surface area contributed by atoms with E-state index in [0.717, 1.165) is 18.4 Å². The predicted molar refractivity (Wildman–Crippen MR) is 89.9 cm³/mol. The van der Waals surface area contributed by atoms with Crippen LogP contribution in [0, 0.1) is 5.92 Å². The number of hydrogen-bond donors (Lipinski definition) is 0. The average molecular weight is 342 g/mol. The molecule has 1 aromatic rings. The van der Waals surface area contributed by atoms with Gasteiger partial charge in [0.05, 0.1) is 14.2 Å². The molecule has 0 radical (unpaired) electrons. The Bertz CT molecular complexity index is 633. The Kier molecular flexibility index (Phi) is 5.89. The summed E-state index contributed by atoms with van der Waals surface area (Å²) in [6, 6.07) is 5.45. The van der Waals surface area contributed by atoms with E-state index in [4.69, 9.17) is 9.47 Å². The second-order valence-corrected chi connectivity index (χ2v) is 8.09. The van der Waals surface area contributed by atoms with E-state index < -0.39 is 10.2 Å². The lowest BCUT2D eigenvalue weighted by molar-refractivity contribution is 0.263. The number of nitrogens with zero attached hydrogens (tertiary/aromatic N) is 2. The number of benzene rings is 1. The quantitative estimate of drug-likeness (QED) is 0.794. The molecule has 0 bridgehead atoms. The molecule has 0 aromatic heterocycles. The highest BCUT2D eigenvalue weighted by Crippen LogP contribution is 2.28. The van der Waals surface area contributed by atoms with Crippen LogP contribution in [0.3, 0.4) is 0 Å². The predicted octanol–water partition coefficient (Wildman–Crippen LogP) is 2.11. The van der Waals surface area contributed by atoms with Crippen molar-refractivity contribution in [1.82, 2.24) is 8.61 Å². The van der Waals surface area contributed by atoms with Crippen molar-refractivity contribution in [2.24, 2.45) is 5.92 Å². The topological polar surface area (TPSA) is 59.1 Å². The van der Waals surface area contributed by atoms with E-state index in [1.165, 1.54) is 4.31 Å². The highest BCUT2D eigenvalue weighted by atomic mass is 32.2. The summed E-state index contributed by atoms with van der Waals surface area (Å²) in [5.74, 6) is 1.64. The molecule has 130 valence electrons. The molecule has 0 amide bonds. The van der Waals surface area contributed by atoms with Gasteiger partial charge in [-0.3, -0.25) is 0 Å². The van der Waals surface area contributed by atoms with Crippen molar-refractivity contribution in [3.8, 4) is 11.5 Å². The van der Waals surface area contributed by atoms with Gasteiger partial charge in [-0.2, -0.15) is 17.0 Å². The molecular formula is C16H26N2O4S. The first-order chi connectivity index (χ1) is 10.9. The van der Waals surface area contributed by atoms with Crippen molar-refractivity contribution >= 4 is 10.2 Å². The van der Waals surface area contributed by atoms with Gasteiger partial charge in [-0.05, 0) is 36.5 Å². The SMILES string of the molecule is COc1ccc(CN(C)S(=O)(=O)N2CCC[C@H](C)C2)cc1OC. The number of methoxy groups -OCH3 is 2. The molecule has 1 heterocycles. The minimum atomic E-state index is -3.43. The van der Waals surface area contributed by atoms with Gasteiger partial charge in [0.1, 0.15) is 0 Å². The summed E-state index contributed by atoms with van der Waals surface area (Å²) in [7, 11) is 1.32. The third-order valence-corrected chi connectivity index (χ3v) is 6.09. The van der Waals surface area contributed by atoms with Crippen LogP contribution in [0.15, 0.2) is 18.2 Å². The van der Waals surface area contributed by atoms with Crippen molar-refractivity contribution in [2.75, 3.05) is 34.4 Å². The monoisotopic (exact) mass is 342 g/mol. The summed E-state index contributed by atoms with van der Waals surface area (Å²) in [4.78, 5) is 0. The van der Waals surface area contributed by atoms with Crippen LogP contribution in [-0.4, -0.2) is 51.4 Å². The van der Waals surface area contributed by atoms with Crippen LogP contribution in [0.4, 0.5) is 0 Å². The Morgan fingerprint density at radius 2 is 1.96 bits per heavy atom. The zero-order valence-electron chi connectivity index (χ0n) is 14.3. The van der Waals surface area contributed by atoms with E-state index in [1.807, 2.05) is 12.1 Å². The Hall–Kier alpha value is -1.31. The molecule has 6 nitrogen and oxygen atoms in total. The fourth-order valence-corrected chi connectivity index (χ4v) is 4.38. The van der Waals surface area contributed by atoms with E-state index in [2.05, 4.69) is 6.92 Å². The zero-order valence-corrected chi connectivity index (χ0v) is 15.1. The summed E-state index contributed by atoms with van der Waals surface area (Å²) >= 11 is 0. The molecule has 0 saturated carbocycles. The first-order valence-corrected chi connectivity index (χ1v) is 9.20. The van der Waals surface area contributed by atoms with Gasteiger partial charge in [-0.25, -0.2) is 0 Å². The normalized spacial score (nSPS) is 19.8. The van der Waals surface area contributed by atoms with E-state index in [-0.39, 0.29) is 0 Å². The van der Waals surface area contributed by atoms with Crippen LogP contribution in [0.1, 0.15) is 25.3 Å². The smallest absolute Gasteiger partial charge is 0.282 e. The zero-order chi connectivity index (χ0) is 17.0. The summed E-state index contributed by atoms with van der Waals surface area (Å²) in [6.45, 7) is 3.59. The minimum absolute atomic E-state index is 0.299. The molecule has 0 spiro atoms. The van der Waals surface area contributed by atoms with Crippen molar-refractivity contribution < 1.29 is 17.9 Å². The van der Waals surface area contributed by atoms with E-state index >= 15 is 0 Å². The fraction of sp³-hybridized carbons (Fsp3) is 0.625. The first kappa shape index (κ1) is 18.0. The maximum Gasteiger partial charge on any atom is 0.282 e. The average Bonchev–Trinajstić information content (AvgIpc) is 2.54. The van der Waals surface area contributed by atoms with Crippen LogP contribution >= 0.6 is 0 Å². The summed E-state index contributed by atoms with van der Waals surface area (Å²) in [5, 5.41) is 0. The van der Waals surface area contributed by atoms with Gasteiger partial charge in [0.15, 0.2) is 11.5 Å². The van der Waals surface area contributed by atoms with Gasteiger partial charge < -0.3 is 9.47 Å². The summed E-state index contributed by atoms with van der Waals surface area (Å²) in [5.41, 5.74) is 0.860. The maximum absolute atomic E-state index is 12.7. The standard InChI is InChI=1S/C16H26N2O4S/c1-13-6-5-9-18(11-13)23(19,20)17(2)12-14-7-8-15(21-3)16(10-14)22-4/h7-8,10,13H,5-6,9,11-12H2,1-4H3/t13-/m0/s1. The molecule has 1 fully saturated rings. The van der Waals surface area contributed by atoms with Crippen molar-refractivity contribution in [1.29, 1.82) is 0 Å². The highest BCUT2D eigenvalue weighted by molar-refractivity contribution is 7.86. The molecule has 1 aromatic carbocycles. The second-order valence-electron chi connectivity index (χ2n) is 6.06. The molecular weight excluding hydrogens is 316 g/mol. The van der Waals surface area contributed by atoms with Gasteiger partial charge >= 0.3 is 0 Å². The molecule has 1 atom stereocenters. The van der Waals surface area contributed by atoms with Crippen LogP contribution in [-0.2, 0) is 16.8 Å².